The lowest BCUT2D eigenvalue weighted by Crippen LogP contribution is -2.50. The molecule has 0 aromatic rings. The SMILES string of the molecule is CCC1CNCC1N1CC2CCC(C1)O2. The molecular formula is C12H22N2O. The van der Waals surface area contributed by atoms with Crippen LogP contribution in [0.2, 0.25) is 0 Å². The number of ether oxygens (including phenoxy) is 1. The van der Waals surface area contributed by atoms with Crippen LogP contribution >= 0.6 is 0 Å². The Balaban J connectivity index is 1.66. The maximum absolute atomic E-state index is 5.89. The van der Waals surface area contributed by atoms with Gasteiger partial charge >= 0.3 is 0 Å². The lowest BCUT2D eigenvalue weighted by Gasteiger charge is -2.38. The van der Waals surface area contributed by atoms with Gasteiger partial charge in [0, 0.05) is 25.7 Å². The summed E-state index contributed by atoms with van der Waals surface area (Å²) in [6.45, 7) is 7.09. The topological polar surface area (TPSA) is 24.5 Å². The molecule has 2 bridgehead atoms. The molecule has 15 heavy (non-hydrogen) atoms. The van der Waals surface area contributed by atoms with Gasteiger partial charge in [-0.15, -0.1) is 0 Å². The van der Waals surface area contributed by atoms with E-state index in [4.69, 9.17) is 4.74 Å². The summed E-state index contributed by atoms with van der Waals surface area (Å²) in [5.74, 6) is 0.863. The summed E-state index contributed by atoms with van der Waals surface area (Å²) in [5, 5.41) is 3.54. The van der Waals surface area contributed by atoms with E-state index in [2.05, 4.69) is 17.1 Å². The number of hydrogen-bond donors (Lipinski definition) is 1. The molecule has 3 saturated heterocycles. The zero-order chi connectivity index (χ0) is 10.3. The van der Waals surface area contributed by atoms with E-state index in [0.717, 1.165) is 12.0 Å². The second-order valence-electron chi connectivity index (χ2n) is 5.31. The Labute approximate surface area is 92.2 Å². The molecule has 0 aromatic heterocycles. The number of fused-ring (bicyclic) bond motifs is 2. The Morgan fingerprint density at radius 2 is 1.93 bits per heavy atom. The highest BCUT2D eigenvalue weighted by molar-refractivity contribution is 4.94. The van der Waals surface area contributed by atoms with Crippen molar-refractivity contribution in [1.29, 1.82) is 0 Å². The van der Waals surface area contributed by atoms with Crippen LogP contribution in [0.4, 0.5) is 0 Å². The van der Waals surface area contributed by atoms with Crippen molar-refractivity contribution in [3.8, 4) is 0 Å². The number of morpholine rings is 1. The predicted molar refractivity (Wildman–Crippen MR) is 59.9 cm³/mol. The van der Waals surface area contributed by atoms with Crippen LogP contribution in [0.5, 0.6) is 0 Å². The van der Waals surface area contributed by atoms with E-state index in [9.17, 15) is 0 Å². The average Bonchev–Trinajstić information content (AvgIpc) is 2.85. The summed E-state index contributed by atoms with van der Waals surface area (Å²) in [7, 11) is 0. The molecule has 3 aliphatic rings. The lowest BCUT2D eigenvalue weighted by molar-refractivity contribution is -0.0556. The Hall–Kier alpha value is -0.120. The fourth-order valence-electron chi connectivity index (χ4n) is 3.48. The van der Waals surface area contributed by atoms with E-state index in [1.54, 1.807) is 0 Å². The van der Waals surface area contributed by atoms with Crippen molar-refractivity contribution < 1.29 is 4.74 Å². The van der Waals surface area contributed by atoms with Crippen LogP contribution in [-0.4, -0.2) is 49.3 Å². The first-order valence-corrected chi connectivity index (χ1v) is 6.47. The van der Waals surface area contributed by atoms with E-state index in [1.807, 2.05) is 0 Å². The maximum atomic E-state index is 5.89. The number of likely N-dealkylation sites (tertiary alicyclic amines) is 1. The lowest BCUT2D eigenvalue weighted by atomic mass is 9.98. The molecule has 0 aliphatic carbocycles. The molecule has 1 N–H and O–H groups in total. The van der Waals surface area contributed by atoms with Crippen molar-refractivity contribution in [3.63, 3.8) is 0 Å². The molecule has 4 atom stereocenters. The van der Waals surface area contributed by atoms with Gasteiger partial charge in [0.05, 0.1) is 12.2 Å². The van der Waals surface area contributed by atoms with Crippen molar-refractivity contribution in [2.75, 3.05) is 26.2 Å². The Morgan fingerprint density at radius 1 is 1.20 bits per heavy atom. The van der Waals surface area contributed by atoms with Gasteiger partial charge in [0.15, 0.2) is 0 Å². The highest BCUT2D eigenvalue weighted by Crippen LogP contribution is 2.30. The smallest absolute Gasteiger partial charge is 0.0707 e. The van der Waals surface area contributed by atoms with Crippen LogP contribution in [0, 0.1) is 5.92 Å². The van der Waals surface area contributed by atoms with Gasteiger partial charge in [-0.25, -0.2) is 0 Å². The molecule has 0 aromatic carbocycles. The van der Waals surface area contributed by atoms with Gasteiger partial charge < -0.3 is 10.1 Å². The molecule has 3 aliphatic heterocycles. The second kappa shape index (κ2) is 4.04. The molecule has 0 saturated carbocycles. The first-order valence-electron chi connectivity index (χ1n) is 6.47. The van der Waals surface area contributed by atoms with Gasteiger partial charge in [0.25, 0.3) is 0 Å². The molecule has 3 heterocycles. The predicted octanol–water partition coefficient (Wildman–Crippen LogP) is 0.848. The summed E-state index contributed by atoms with van der Waals surface area (Å²) in [4.78, 5) is 2.69. The monoisotopic (exact) mass is 210 g/mol. The third-order valence-corrected chi connectivity index (χ3v) is 4.37. The fourth-order valence-corrected chi connectivity index (χ4v) is 3.48. The Morgan fingerprint density at radius 3 is 2.60 bits per heavy atom. The summed E-state index contributed by atoms with van der Waals surface area (Å²) in [6, 6.07) is 0.780. The van der Waals surface area contributed by atoms with Crippen molar-refractivity contribution in [2.24, 2.45) is 5.92 Å². The number of rotatable bonds is 2. The maximum Gasteiger partial charge on any atom is 0.0707 e. The highest BCUT2D eigenvalue weighted by Gasteiger charge is 2.39. The Kier molecular flexibility index (Phi) is 2.71. The highest BCUT2D eigenvalue weighted by atomic mass is 16.5. The normalized spacial score (nSPS) is 46.2. The summed E-state index contributed by atoms with van der Waals surface area (Å²) < 4.78 is 5.89. The summed E-state index contributed by atoms with van der Waals surface area (Å²) >= 11 is 0. The standard InChI is InChI=1S/C12H22N2O/c1-2-9-5-13-6-12(9)14-7-10-3-4-11(8-14)15-10/h9-13H,2-8H2,1H3. The number of nitrogens with one attached hydrogen (secondary N) is 1. The van der Waals surface area contributed by atoms with Crippen LogP contribution < -0.4 is 5.32 Å². The molecule has 4 unspecified atom stereocenters. The summed E-state index contributed by atoms with van der Waals surface area (Å²) in [6.07, 6.45) is 4.98. The van der Waals surface area contributed by atoms with Gasteiger partial charge in [-0.05, 0) is 25.3 Å². The number of nitrogens with zero attached hydrogens (tertiary/aromatic N) is 1. The van der Waals surface area contributed by atoms with E-state index in [0.29, 0.717) is 12.2 Å². The minimum Gasteiger partial charge on any atom is -0.372 e. The summed E-state index contributed by atoms with van der Waals surface area (Å²) in [5.41, 5.74) is 0. The van der Waals surface area contributed by atoms with Crippen molar-refractivity contribution in [2.45, 2.75) is 44.4 Å². The molecule has 0 radical (unpaired) electrons. The molecule has 3 nitrogen and oxygen atoms in total. The first-order chi connectivity index (χ1) is 7.36. The molecule has 3 rings (SSSR count). The third kappa shape index (κ3) is 1.81. The molecule has 86 valence electrons. The van der Waals surface area contributed by atoms with Gasteiger partial charge in [-0.3, -0.25) is 4.90 Å². The van der Waals surface area contributed by atoms with Gasteiger partial charge in [0.2, 0.25) is 0 Å². The van der Waals surface area contributed by atoms with Gasteiger partial charge in [-0.1, -0.05) is 13.3 Å². The largest absolute Gasteiger partial charge is 0.372 e. The Bertz CT molecular complexity index is 222. The molecule has 0 spiro atoms. The van der Waals surface area contributed by atoms with Gasteiger partial charge in [0.1, 0.15) is 0 Å². The average molecular weight is 210 g/mol. The van der Waals surface area contributed by atoms with Crippen LogP contribution in [0.15, 0.2) is 0 Å². The zero-order valence-corrected chi connectivity index (χ0v) is 9.61. The van der Waals surface area contributed by atoms with E-state index < -0.39 is 0 Å². The van der Waals surface area contributed by atoms with E-state index in [-0.39, 0.29) is 0 Å². The van der Waals surface area contributed by atoms with Crippen LogP contribution in [0.25, 0.3) is 0 Å². The van der Waals surface area contributed by atoms with E-state index in [1.165, 1.54) is 45.4 Å². The quantitative estimate of drug-likeness (QED) is 0.731. The van der Waals surface area contributed by atoms with E-state index >= 15 is 0 Å². The van der Waals surface area contributed by atoms with Crippen LogP contribution in [0.1, 0.15) is 26.2 Å². The van der Waals surface area contributed by atoms with Crippen molar-refractivity contribution in [3.05, 3.63) is 0 Å². The molecule has 3 heteroatoms. The molecular weight excluding hydrogens is 188 g/mol. The van der Waals surface area contributed by atoms with Crippen LogP contribution in [0.3, 0.4) is 0 Å². The fraction of sp³-hybridized carbons (Fsp3) is 1.00. The first kappa shape index (κ1) is 10.1. The molecule has 3 fully saturated rings. The second-order valence-corrected chi connectivity index (χ2v) is 5.31. The minimum absolute atomic E-state index is 0.543. The van der Waals surface area contributed by atoms with Crippen molar-refractivity contribution in [1.82, 2.24) is 10.2 Å². The minimum atomic E-state index is 0.543. The third-order valence-electron chi connectivity index (χ3n) is 4.37. The van der Waals surface area contributed by atoms with Gasteiger partial charge in [-0.2, -0.15) is 0 Å². The zero-order valence-electron chi connectivity index (χ0n) is 9.61. The van der Waals surface area contributed by atoms with Crippen LogP contribution in [-0.2, 0) is 4.74 Å². The number of hydrogen-bond acceptors (Lipinski definition) is 3. The van der Waals surface area contributed by atoms with Crippen molar-refractivity contribution >= 4 is 0 Å². The molecule has 0 amide bonds.